The van der Waals surface area contributed by atoms with Crippen molar-refractivity contribution in [1.82, 2.24) is 15.0 Å². The van der Waals surface area contributed by atoms with E-state index in [1.165, 1.54) is 4.88 Å². The first kappa shape index (κ1) is 13.3. The molecule has 1 aliphatic heterocycles. The van der Waals surface area contributed by atoms with Gasteiger partial charge in [-0.1, -0.05) is 18.1 Å². The van der Waals surface area contributed by atoms with Crippen molar-refractivity contribution in [3.8, 4) is 0 Å². The topological polar surface area (TPSA) is 59.2 Å². The number of aromatic nitrogens is 2. The van der Waals surface area contributed by atoms with Crippen LogP contribution in [0.25, 0.3) is 0 Å². The number of amides is 1. The molecule has 1 saturated heterocycles. The maximum atomic E-state index is 12.1. The van der Waals surface area contributed by atoms with Crippen LogP contribution in [0.15, 0.2) is 22.0 Å². The number of carbonyl (C=O) groups excluding carboxylic acids is 1. The molecule has 1 aliphatic rings. The summed E-state index contributed by atoms with van der Waals surface area (Å²) in [4.78, 5) is 19.5. The van der Waals surface area contributed by atoms with E-state index in [2.05, 4.69) is 23.1 Å². The van der Waals surface area contributed by atoms with Crippen LogP contribution >= 0.6 is 11.3 Å². The van der Waals surface area contributed by atoms with Crippen LogP contribution < -0.4 is 0 Å². The molecule has 0 aromatic carbocycles. The van der Waals surface area contributed by atoms with Crippen LogP contribution in [0, 0.1) is 0 Å². The Balaban J connectivity index is 1.66. The first-order valence-corrected chi connectivity index (χ1v) is 7.77. The van der Waals surface area contributed by atoms with Gasteiger partial charge in [-0.25, -0.2) is 0 Å². The minimum atomic E-state index is 0.0422. The second-order valence-electron chi connectivity index (χ2n) is 5.05. The zero-order valence-corrected chi connectivity index (χ0v) is 12.2. The number of thiophene rings is 1. The van der Waals surface area contributed by atoms with Gasteiger partial charge in [-0.2, -0.15) is 4.98 Å². The van der Waals surface area contributed by atoms with E-state index < -0.39 is 0 Å². The minimum Gasteiger partial charge on any atom is -0.339 e. The van der Waals surface area contributed by atoms with Crippen molar-refractivity contribution in [2.24, 2.45) is 0 Å². The van der Waals surface area contributed by atoms with Crippen LogP contribution in [0.5, 0.6) is 0 Å². The highest BCUT2D eigenvalue weighted by atomic mass is 32.1. The average Bonchev–Trinajstić information content (AvgIpc) is 3.13. The van der Waals surface area contributed by atoms with Crippen LogP contribution in [0.3, 0.4) is 0 Å². The normalized spacial score (nSPS) is 18.9. The number of aryl methyl sites for hydroxylation is 1. The van der Waals surface area contributed by atoms with Crippen LogP contribution in [0.1, 0.15) is 42.3 Å². The van der Waals surface area contributed by atoms with Crippen molar-refractivity contribution in [3.63, 3.8) is 0 Å². The predicted molar refractivity (Wildman–Crippen MR) is 75.4 cm³/mol. The molecule has 2 aromatic heterocycles. The van der Waals surface area contributed by atoms with Crippen LogP contribution in [0.4, 0.5) is 0 Å². The van der Waals surface area contributed by atoms with Gasteiger partial charge in [-0.3, -0.25) is 4.79 Å². The number of nitrogens with zero attached hydrogens (tertiary/aromatic N) is 3. The van der Waals surface area contributed by atoms with Gasteiger partial charge in [-0.05, 0) is 17.9 Å². The zero-order chi connectivity index (χ0) is 13.9. The van der Waals surface area contributed by atoms with E-state index in [9.17, 15) is 4.79 Å². The number of rotatable bonds is 5. The highest BCUT2D eigenvalue weighted by Crippen LogP contribution is 2.28. The first-order chi connectivity index (χ1) is 9.76. The first-order valence-electron chi connectivity index (χ1n) is 6.89. The van der Waals surface area contributed by atoms with Crippen molar-refractivity contribution in [3.05, 3.63) is 34.1 Å². The fourth-order valence-electron chi connectivity index (χ4n) is 2.44. The number of hydrogen-bond donors (Lipinski definition) is 0. The summed E-state index contributed by atoms with van der Waals surface area (Å²) in [5, 5.41) is 5.99. The lowest BCUT2D eigenvalue weighted by Crippen LogP contribution is -2.23. The SMILES string of the molecule is CCCc1noc(C2CC(=O)N(Cc3cccs3)C2)n1. The Morgan fingerprint density at radius 3 is 3.20 bits per heavy atom. The fraction of sp³-hybridized carbons (Fsp3) is 0.500. The molecule has 1 unspecified atom stereocenters. The molecule has 0 radical (unpaired) electrons. The standard InChI is InChI=1S/C14H17N3O2S/c1-2-4-12-15-14(19-16-12)10-7-13(18)17(8-10)9-11-5-3-6-20-11/h3,5-6,10H,2,4,7-9H2,1H3. The zero-order valence-electron chi connectivity index (χ0n) is 11.4. The van der Waals surface area contributed by atoms with Crippen LogP contribution in [-0.2, 0) is 17.8 Å². The maximum absolute atomic E-state index is 12.1. The third kappa shape index (κ3) is 2.75. The Labute approximate surface area is 121 Å². The number of hydrogen-bond acceptors (Lipinski definition) is 5. The molecule has 0 N–H and O–H groups in total. The maximum Gasteiger partial charge on any atom is 0.232 e. The predicted octanol–water partition coefficient (Wildman–Crippen LogP) is 2.60. The van der Waals surface area contributed by atoms with Crippen molar-refractivity contribution < 1.29 is 9.32 Å². The second-order valence-corrected chi connectivity index (χ2v) is 6.09. The molecule has 3 rings (SSSR count). The molecule has 1 fully saturated rings. The minimum absolute atomic E-state index is 0.0422. The average molecular weight is 291 g/mol. The van der Waals surface area contributed by atoms with E-state index in [0.29, 0.717) is 25.4 Å². The summed E-state index contributed by atoms with van der Waals surface area (Å²) in [6.07, 6.45) is 2.29. The Hall–Kier alpha value is -1.69. The molecule has 1 atom stereocenters. The van der Waals surface area contributed by atoms with Crippen molar-refractivity contribution in [1.29, 1.82) is 0 Å². The van der Waals surface area contributed by atoms with Gasteiger partial charge >= 0.3 is 0 Å². The molecule has 0 spiro atoms. The molecule has 0 saturated carbocycles. The quantitative estimate of drug-likeness (QED) is 0.849. The second kappa shape index (κ2) is 5.75. The number of carbonyl (C=O) groups is 1. The van der Waals surface area contributed by atoms with Gasteiger partial charge < -0.3 is 9.42 Å². The van der Waals surface area contributed by atoms with Gasteiger partial charge in [0.2, 0.25) is 11.8 Å². The third-order valence-electron chi connectivity index (χ3n) is 3.45. The van der Waals surface area contributed by atoms with Gasteiger partial charge in [0.15, 0.2) is 5.82 Å². The lowest BCUT2D eigenvalue weighted by molar-refractivity contribution is -0.128. The van der Waals surface area contributed by atoms with Crippen LogP contribution in [-0.4, -0.2) is 27.5 Å². The molecule has 6 heteroatoms. The van der Waals surface area contributed by atoms with Gasteiger partial charge in [0.05, 0.1) is 12.5 Å². The molecule has 20 heavy (non-hydrogen) atoms. The molecule has 5 nitrogen and oxygen atoms in total. The van der Waals surface area contributed by atoms with Gasteiger partial charge in [0.25, 0.3) is 0 Å². The lowest BCUT2D eigenvalue weighted by atomic mass is 10.1. The third-order valence-corrected chi connectivity index (χ3v) is 4.31. The molecular formula is C14H17N3O2S. The summed E-state index contributed by atoms with van der Waals surface area (Å²) in [5.41, 5.74) is 0. The Morgan fingerprint density at radius 1 is 1.55 bits per heavy atom. The van der Waals surface area contributed by atoms with Gasteiger partial charge in [-0.15, -0.1) is 11.3 Å². The van der Waals surface area contributed by atoms with Gasteiger partial charge in [0, 0.05) is 24.3 Å². The van der Waals surface area contributed by atoms with Crippen molar-refractivity contribution in [2.75, 3.05) is 6.54 Å². The summed E-state index contributed by atoms with van der Waals surface area (Å²) in [6, 6.07) is 4.06. The largest absolute Gasteiger partial charge is 0.339 e. The fourth-order valence-corrected chi connectivity index (χ4v) is 3.16. The molecule has 106 valence electrons. The van der Waals surface area contributed by atoms with Crippen molar-refractivity contribution >= 4 is 17.2 Å². The smallest absolute Gasteiger partial charge is 0.232 e. The van der Waals surface area contributed by atoms with E-state index in [1.54, 1.807) is 11.3 Å². The molecular weight excluding hydrogens is 274 g/mol. The Morgan fingerprint density at radius 2 is 2.45 bits per heavy atom. The Bertz CT molecular complexity index is 579. The van der Waals surface area contributed by atoms with Crippen LogP contribution in [0.2, 0.25) is 0 Å². The number of likely N-dealkylation sites (tertiary alicyclic amines) is 1. The van der Waals surface area contributed by atoms with Crippen molar-refractivity contribution in [2.45, 2.75) is 38.6 Å². The molecule has 0 aliphatic carbocycles. The molecule has 3 heterocycles. The monoisotopic (exact) mass is 291 g/mol. The molecule has 1 amide bonds. The summed E-state index contributed by atoms with van der Waals surface area (Å²) < 4.78 is 5.30. The molecule has 0 bridgehead atoms. The summed E-state index contributed by atoms with van der Waals surface area (Å²) in [5.74, 6) is 1.56. The lowest BCUT2D eigenvalue weighted by Gasteiger charge is -2.14. The molecule has 2 aromatic rings. The summed E-state index contributed by atoms with van der Waals surface area (Å²) in [6.45, 7) is 3.44. The highest BCUT2D eigenvalue weighted by Gasteiger charge is 2.34. The highest BCUT2D eigenvalue weighted by molar-refractivity contribution is 7.09. The van der Waals surface area contributed by atoms with E-state index >= 15 is 0 Å². The van der Waals surface area contributed by atoms with E-state index in [-0.39, 0.29) is 11.8 Å². The van der Waals surface area contributed by atoms with E-state index in [4.69, 9.17) is 4.52 Å². The Kier molecular flexibility index (Phi) is 3.82. The summed E-state index contributed by atoms with van der Waals surface area (Å²) in [7, 11) is 0. The van der Waals surface area contributed by atoms with Gasteiger partial charge in [0.1, 0.15) is 0 Å². The van der Waals surface area contributed by atoms with E-state index in [1.807, 2.05) is 16.3 Å². The summed E-state index contributed by atoms with van der Waals surface area (Å²) >= 11 is 1.67. The van der Waals surface area contributed by atoms with E-state index in [0.717, 1.165) is 18.7 Å².